The number of hydrazone groups is 1. The molecule has 1 unspecified atom stereocenters. The summed E-state index contributed by atoms with van der Waals surface area (Å²) >= 11 is 3.09. The van der Waals surface area contributed by atoms with Crippen molar-refractivity contribution >= 4 is 52.1 Å². The highest BCUT2D eigenvalue weighted by atomic mass is 32.1. The van der Waals surface area contributed by atoms with Gasteiger partial charge in [-0.2, -0.15) is 5.10 Å². The van der Waals surface area contributed by atoms with Crippen LogP contribution in [0.1, 0.15) is 53.3 Å². The Labute approximate surface area is 196 Å². The second-order valence-electron chi connectivity index (χ2n) is 7.50. The number of fused-ring (bicyclic) bond motifs is 1. The van der Waals surface area contributed by atoms with Gasteiger partial charge in [0.2, 0.25) is 0 Å². The van der Waals surface area contributed by atoms with Crippen LogP contribution in [0.3, 0.4) is 0 Å². The summed E-state index contributed by atoms with van der Waals surface area (Å²) in [4.78, 5) is 52.7. The topological polar surface area (TPSA) is 96.3 Å². The Bertz CT molecular complexity index is 1300. The largest absolute Gasteiger partial charge is 0.452 e. The molecule has 1 aromatic carbocycles. The van der Waals surface area contributed by atoms with E-state index in [1.54, 1.807) is 11.3 Å². The molecule has 4 heterocycles. The minimum atomic E-state index is -0.754. The third kappa shape index (κ3) is 3.77. The van der Waals surface area contributed by atoms with Gasteiger partial charge in [0, 0.05) is 18.3 Å². The Kier molecular flexibility index (Phi) is 5.39. The van der Waals surface area contributed by atoms with E-state index < -0.39 is 30.3 Å². The lowest BCUT2D eigenvalue weighted by molar-refractivity contribution is -0.136. The summed E-state index contributed by atoms with van der Waals surface area (Å²) in [5, 5.41) is 9.81. The van der Waals surface area contributed by atoms with Crippen LogP contribution in [0.5, 0.6) is 0 Å². The van der Waals surface area contributed by atoms with Crippen LogP contribution in [0.25, 0.3) is 0 Å². The number of hydrogen-bond donors (Lipinski definition) is 0. The average molecular weight is 480 g/mol. The Balaban J connectivity index is 1.31. The van der Waals surface area contributed by atoms with Crippen molar-refractivity contribution in [3.63, 3.8) is 0 Å². The molecule has 3 amide bonds. The third-order valence-electron chi connectivity index (χ3n) is 5.50. The van der Waals surface area contributed by atoms with Crippen molar-refractivity contribution < 1.29 is 23.9 Å². The molecule has 2 aliphatic heterocycles. The lowest BCUT2D eigenvalue weighted by Crippen LogP contribution is -2.31. The van der Waals surface area contributed by atoms with Crippen molar-refractivity contribution in [1.29, 1.82) is 0 Å². The van der Waals surface area contributed by atoms with Crippen molar-refractivity contribution in [3.8, 4) is 0 Å². The Morgan fingerprint density at radius 2 is 1.82 bits per heavy atom. The lowest BCUT2D eigenvalue weighted by atomic mass is 10.1. The standard InChI is InChI=1S/C23H17N3O5S2/c1-25-21(28)14-7-6-13(10-15(14)22(25)29)23(30)31-12-20(27)26-17(19-5-3-9-33-19)11-16(24-26)18-4-2-8-32-18/h2-10,17H,11-12H2,1H3. The summed E-state index contributed by atoms with van der Waals surface area (Å²) in [5.74, 6) is -2.10. The van der Waals surface area contributed by atoms with E-state index in [-0.39, 0.29) is 22.7 Å². The number of nitrogens with zero attached hydrogens (tertiary/aromatic N) is 3. The molecule has 0 spiro atoms. The molecule has 0 bridgehead atoms. The molecule has 8 nitrogen and oxygen atoms in total. The molecule has 166 valence electrons. The summed E-state index contributed by atoms with van der Waals surface area (Å²) in [7, 11) is 1.38. The molecule has 0 fully saturated rings. The maximum absolute atomic E-state index is 13.0. The number of ether oxygens (including phenoxy) is 1. The molecule has 2 aliphatic rings. The normalized spacial score (nSPS) is 17.4. The number of imide groups is 1. The molecule has 0 aliphatic carbocycles. The number of carbonyl (C=O) groups excluding carboxylic acids is 4. The predicted molar refractivity (Wildman–Crippen MR) is 123 cm³/mol. The van der Waals surface area contributed by atoms with Crippen molar-refractivity contribution in [2.24, 2.45) is 5.10 Å². The van der Waals surface area contributed by atoms with Gasteiger partial charge in [0.05, 0.1) is 33.3 Å². The number of thiophene rings is 2. The van der Waals surface area contributed by atoms with Gasteiger partial charge in [-0.1, -0.05) is 12.1 Å². The van der Waals surface area contributed by atoms with Gasteiger partial charge >= 0.3 is 5.97 Å². The van der Waals surface area contributed by atoms with Crippen LogP contribution in [0, 0.1) is 0 Å². The van der Waals surface area contributed by atoms with E-state index in [9.17, 15) is 19.2 Å². The van der Waals surface area contributed by atoms with Gasteiger partial charge in [0.1, 0.15) is 0 Å². The maximum atomic E-state index is 13.0. The first kappa shape index (κ1) is 21.2. The molecule has 10 heteroatoms. The Morgan fingerprint density at radius 3 is 2.55 bits per heavy atom. The first-order chi connectivity index (χ1) is 15.9. The zero-order chi connectivity index (χ0) is 23.1. The van der Waals surface area contributed by atoms with Crippen LogP contribution in [0.4, 0.5) is 0 Å². The van der Waals surface area contributed by atoms with Crippen molar-refractivity contribution in [2.45, 2.75) is 12.5 Å². The highest BCUT2D eigenvalue weighted by Crippen LogP contribution is 2.36. The highest BCUT2D eigenvalue weighted by molar-refractivity contribution is 7.12. The number of benzene rings is 1. The van der Waals surface area contributed by atoms with Gasteiger partial charge in [0.25, 0.3) is 17.7 Å². The average Bonchev–Trinajstić information content (AvgIpc) is 3.62. The number of amides is 3. The minimum Gasteiger partial charge on any atom is -0.452 e. The van der Waals surface area contributed by atoms with Crippen molar-refractivity contribution in [3.05, 3.63) is 79.7 Å². The zero-order valence-corrected chi connectivity index (χ0v) is 19.0. The predicted octanol–water partition coefficient (Wildman–Crippen LogP) is 3.57. The summed E-state index contributed by atoms with van der Waals surface area (Å²) in [6.07, 6.45) is 0.579. The second-order valence-corrected chi connectivity index (χ2v) is 9.43. The lowest BCUT2D eigenvalue weighted by Gasteiger charge is -2.20. The molecule has 2 aromatic heterocycles. The number of esters is 1. The van der Waals surface area contributed by atoms with Gasteiger partial charge in [0.15, 0.2) is 6.61 Å². The smallest absolute Gasteiger partial charge is 0.338 e. The van der Waals surface area contributed by atoms with Crippen LogP contribution in [0.2, 0.25) is 0 Å². The number of hydrogen-bond acceptors (Lipinski definition) is 8. The van der Waals surface area contributed by atoms with Crippen LogP contribution in [-0.2, 0) is 9.53 Å². The van der Waals surface area contributed by atoms with Crippen molar-refractivity contribution in [1.82, 2.24) is 9.91 Å². The van der Waals surface area contributed by atoms with Crippen molar-refractivity contribution in [2.75, 3.05) is 13.7 Å². The SMILES string of the molecule is CN1C(=O)c2ccc(C(=O)OCC(=O)N3N=C(c4cccs4)CC3c3cccs3)cc2C1=O. The van der Waals surface area contributed by atoms with Crippen LogP contribution in [0.15, 0.2) is 58.3 Å². The van der Waals surface area contributed by atoms with Gasteiger partial charge in [-0.05, 0) is 41.1 Å². The second kappa shape index (κ2) is 8.38. The molecule has 33 heavy (non-hydrogen) atoms. The van der Waals surface area contributed by atoms with Gasteiger partial charge in [-0.3, -0.25) is 19.3 Å². The third-order valence-corrected chi connectivity index (χ3v) is 7.39. The van der Waals surface area contributed by atoms with Gasteiger partial charge in [-0.15, -0.1) is 22.7 Å². The van der Waals surface area contributed by atoms with E-state index in [0.717, 1.165) is 20.4 Å². The molecule has 1 atom stereocenters. The fourth-order valence-electron chi connectivity index (χ4n) is 3.80. The summed E-state index contributed by atoms with van der Waals surface area (Å²) in [6.45, 7) is -0.494. The van der Waals surface area contributed by atoms with Gasteiger partial charge in [-0.25, -0.2) is 9.80 Å². The maximum Gasteiger partial charge on any atom is 0.338 e. The van der Waals surface area contributed by atoms with E-state index in [2.05, 4.69) is 5.10 Å². The fourth-order valence-corrected chi connectivity index (χ4v) is 5.33. The van der Waals surface area contributed by atoms with Crippen LogP contribution < -0.4 is 0 Å². The van der Waals surface area contributed by atoms with E-state index in [0.29, 0.717) is 6.42 Å². The van der Waals surface area contributed by atoms with Gasteiger partial charge < -0.3 is 4.74 Å². The van der Waals surface area contributed by atoms with E-state index in [4.69, 9.17) is 4.74 Å². The molecule has 5 rings (SSSR count). The molecular formula is C23H17N3O5S2. The first-order valence-corrected chi connectivity index (χ1v) is 11.8. The molecule has 0 radical (unpaired) electrons. The number of carbonyl (C=O) groups is 4. The minimum absolute atomic E-state index is 0.0944. The number of rotatable bonds is 5. The molecule has 0 saturated heterocycles. The molecule has 0 saturated carbocycles. The fraction of sp³-hybridized carbons (Fsp3) is 0.174. The summed E-state index contributed by atoms with van der Waals surface area (Å²) in [5.41, 5.74) is 1.29. The summed E-state index contributed by atoms with van der Waals surface area (Å²) in [6, 6.07) is 11.7. The molecular weight excluding hydrogens is 462 g/mol. The van der Waals surface area contributed by atoms with Crippen LogP contribution in [-0.4, -0.2) is 53.0 Å². The Morgan fingerprint density at radius 1 is 1.06 bits per heavy atom. The van der Waals surface area contributed by atoms with E-state index in [1.807, 2.05) is 35.0 Å². The highest BCUT2D eigenvalue weighted by Gasteiger charge is 2.35. The first-order valence-electron chi connectivity index (χ1n) is 10.0. The molecule has 0 N–H and O–H groups in total. The summed E-state index contributed by atoms with van der Waals surface area (Å²) < 4.78 is 5.24. The monoisotopic (exact) mass is 479 g/mol. The van der Waals surface area contributed by atoms with E-state index in [1.165, 1.54) is 41.6 Å². The van der Waals surface area contributed by atoms with Crippen LogP contribution >= 0.6 is 22.7 Å². The quantitative estimate of drug-likeness (QED) is 0.412. The van der Waals surface area contributed by atoms with E-state index >= 15 is 0 Å². The molecule has 3 aromatic rings. The zero-order valence-electron chi connectivity index (χ0n) is 17.4. The Hall–Kier alpha value is -3.63.